The van der Waals surface area contributed by atoms with Crippen LogP contribution in [0.15, 0.2) is 46.9 Å². The Hall–Kier alpha value is -2.03. The number of benzene rings is 1. The highest BCUT2D eigenvalue weighted by molar-refractivity contribution is 6.04. The van der Waals surface area contributed by atoms with Crippen molar-refractivity contribution in [3.05, 3.63) is 53.8 Å². The first-order valence-electron chi connectivity index (χ1n) is 5.08. The molecule has 82 valence electrons. The number of nitrogens with zero attached hydrogens (tertiary/aromatic N) is 1. The van der Waals surface area contributed by atoms with E-state index < -0.39 is 0 Å². The molecule has 0 aliphatic carbocycles. The number of carbonyl (C=O) groups is 1. The Morgan fingerprint density at radius 2 is 1.81 bits per heavy atom. The van der Waals surface area contributed by atoms with Crippen molar-refractivity contribution in [2.24, 2.45) is 0 Å². The van der Waals surface area contributed by atoms with Crippen molar-refractivity contribution < 1.29 is 9.21 Å². The van der Waals surface area contributed by atoms with Gasteiger partial charge in [0.05, 0.1) is 0 Å². The maximum absolute atomic E-state index is 12.0. The lowest BCUT2D eigenvalue weighted by Gasteiger charge is -2.13. The van der Waals surface area contributed by atoms with E-state index in [0.29, 0.717) is 11.4 Å². The monoisotopic (exact) mass is 215 g/mol. The van der Waals surface area contributed by atoms with Crippen molar-refractivity contribution in [1.82, 2.24) is 0 Å². The predicted molar refractivity (Wildman–Crippen MR) is 62.6 cm³/mol. The Morgan fingerprint density at radius 3 is 2.38 bits per heavy atom. The fraction of sp³-hybridized carbons (Fsp3) is 0.154. The highest BCUT2D eigenvalue weighted by Gasteiger charge is 2.15. The molecule has 0 N–H and O–H groups in total. The largest absolute Gasteiger partial charge is 0.445 e. The van der Waals surface area contributed by atoms with Crippen LogP contribution in [-0.2, 0) is 0 Å². The summed E-state index contributed by atoms with van der Waals surface area (Å²) in [6.45, 7) is 1.85. The van der Waals surface area contributed by atoms with Gasteiger partial charge in [-0.25, -0.2) is 0 Å². The molecule has 0 bridgehead atoms. The second kappa shape index (κ2) is 4.23. The Balaban J connectivity index is 2.23. The van der Waals surface area contributed by atoms with Gasteiger partial charge in [0, 0.05) is 18.7 Å². The van der Waals surface area contributed by atoms with E-state index in [9.17, 15) is 4.79 Å². The van der Waals surface area contributed by atoms with E-state index >= 15 is 0 Å². The Labute approximate surface area is 94.3 Å². The van der Waals surface area contributed by atoms with Crippen molar-refractivity contribution in [1.29, 1.82) is 0 Å². The number of rotatable bonds is 2. The van der Waals surface area contributed by atoms with E-state index in [1.165, 1.54) is 4.90 Å². The molecular formula is C13H13NO2. The van der Waals surface area contributed by atoms with Crippen molar-refractivity contribution in [3.63, 3.8) is 0 Å². The van der Waals surface area contributed by atoms with E-state index in [2.05, 4.69) is 0 Å². The quantitative estimate of drug-likeness (QED) is 0.771. The predicted octanol–water partition coefficient (Wildman–Crippen LogP) is 2.86. The van der Waals surface area contributed by atoms with Crippen molar-refractivity contribution >= 4 is 11.8 Å². The summed E-state index contributed by atoms with van der Waals surface area (Å²) in [4.78, 5) is 13.5. The summed E-state index contributed by atoms with van der Waals surface area (Å²) in [5, 5.41) is 0. The van der Waals surface area contributed by atoms with Gasteiger partial charge in [-0.05, 0) is 25.1 Å². The summed E-state index contributed by atoms with van der Waals surface area (Å²) in [6.07, 6.45) is 0. The Morgan fingerprint density at radius 1 is 1.12 bits per heavy atom. The van der Waals surface area contributed by atoms with E-state index in [1.54, 1.807) is 25.2 Å². The molecule has 2 aromatic rings. The maximum Gasteiger partial charge on any atom is 0.260 e. The summed E-state index contributed by atoms with van der Waals surface area (Å²) in [5.74, 6) is 1.28. The topological polar surface area (TPSA) is 33.5 Å². The van der Waals surface area contributed by atoms with Crippen LogP contribution < -0.4 is 4.90 Å². The zero-order valence-electron chi connectivity index (χ0n) is 9.31. The molecule has 3 heteroatoms. The highest BCUT2D eigenvalue weighted by atomic mass is 16.4. The number of hydrogen-bond acceptors (Lipinski definition) is 2. The molecule has 0 unspecified atom stereocenters. The van der Waals surface area contributed by atoms with Gasteiger partial charge in [-0.1, -0.05) is 18.2 Å². The van der Waals surface area contributed by atoms with Crippen molar-refractivity contribution in [2.45, 2.75) is 6.92 Å². The minimum absolute atomic E-state index is 0.0741. The highest BCUT2D eigenvalue weighted by Crippen LogP contribution is 2.18. The van der Waals surface area contributed by atoms with Gasteiger partial charge in [0.1, 0.15) is 5.76 Å². The number of hydrogen-bond donors (Lipinski definition) is 0. The summed E-state index contributed by atoms with van der Waals surface area (Å²) in [5.41, 5.74) is 0.652. The average molecular weight is 215 g/mol. The molecule has 2 rings (SSSR count). The molecule has 0 atom stereocenters. The third-order valence-corrected chi connectivity index (χ3v) is 2.38. The van der Waals surface area contributed by atoms with Gasteiger partial charge in [-0.15, -0.1) is 0 Å². The van der Waals surface area contributed by atoms with Crippen LogP contribution in [0.5, 0.6) is 0 Å². The number of furan rings is 1. The lowest BCUT2D eigenvalue weighted by molar-refractivity contribution is 0.0989. The average Bonchev–Trinajstić information content (AvgIpc) is 2.75. The molecule has 0 fully saturated rings. The number of anilines is 1. The molecule has 16 heavy (non-hydrogen) atoms. The third-order valence-electron chi connectivity index (χ3n) is 2.38. The van der Waals surface area contributed by atoms with Crippen molar-refractivity contribution in [3.8, 4) is 0 Å². The van der Waals surface area contributed by atoms with Crippen LogP contribution >= 0.6 is 0 Å². The SMILES string of the molecule is Cc1ccc(N(C)C(=O)c2ccccc2)o1. The first kappa shape index (κ1) is 10.5. The lowest BCUT2D eigenvalue weighted by Crippen LogP contribution is -2.25. The van der Waals surface area contributed by atoms with E-state index in [-0.39, 0.29) is 5.91 Å². The zero-order chi connectivity index (χ0) is 11.5. The van der Waals surface area contributed by atoms with Gasteiger partial charge in [0.2, 0.25) is 5.88 Å². The van der Waals surface area contributed by atoms with Crippen LogP contribution in [0.3, 0.4) is 0 Å². The Bertz CT molecular complexity index is 488. The number of amides is 1. The normalized spacial score (nSPS) is 10.1. The second-order valence-electron chi connectivity index (χ2n) is 3.61. The van der Waals surface area contributed by atoms with E-state index in [1.807, 2.05) is 31.2 Å². The Kier molecular flexibility index (Phi) is 2.77. The maximum atomic E-state index is 12.0. The molecule has 1 amide bonds. The summed E-state index contributed by atoms with van der Waals surface area (Å²) in [6, 6.07) is 12.8. The van der Waals surface area contributed by atoms with Crippen LogP contribution in [0.4, 0.5) is 5.88 Å². The van der Waals surface area contributed by atoms with Crippen LogP contribution in [0.1, 0.15) is 16.1 Å². The second-order valence-corrected chi connectivity index (χ2v) is 3.61. The van der Waals surface area contributed by atoms with Crippen molar-refractivity contribution in [2.75, 3.05) is 11.9 Å². The first-order valence-corrected chi connectivity index (χ1v) is 5.08. The van der Waals surface area contributed by atoms with E-state index in [0.717, 1.165) is 5.76 Å². The van der Waals surface area contributed by atoms with Crippen LogP contribution in [0, 0.1) is 6.92 Å². The molecule has 0 radical (unpaired) electrons. The number of carbonyl (C=O) groups excluding carboxylic acids is 1. The van der Waals surface area contributed by atoms with Crippen LogP contribution in [0.25, 0.3) is 0 Å². The minimum Gasteiger partial charge on any atom is -0.445 e. The summed E-state index contributed by atoms with van der Waals surface area (Å²) < 4.78 is 5.39. The fourth-order valence-electron chi connectivity index (χ4n) is 1.48. The molecule has 1 aromatic heterocycles. The number of aryl methyl sites for hydroxylation is 1. The van der Waals surface area contributed by atoms with Crippen LogP contribution in [0.2, 0.25) is 0 Å². The zero-order valence-corrected chi connectivity index (χ0v) is 9.31. The van der Waals surface area contributed by atoms with Gasteiger partial charge < -0.3 is 4.42 Å². The molecule has 3 nitrogen and oxygen atoms in total. The smallest absolute Gasteiger partial charge is 0.260 e. The van der Waals surface area contributed by atoms with Gasteiger partial charge in [-0.2, -0.15) is 0 Å². The van der Waals surface area contributed by atoms with Gasteiger partial charge in [0.15, 0.2) is 0 Å². The first-order chi connectivity index (χ1) is 7.68. The molecule has 0 aliphatic heterocycles. The summed E-state index contributed by atoms with van der Waals surface area (Å²) >= 11 is 0. The lowest BCUT2D eigenvalue weighted by atomic mass is 10.2. The molecule has 0 saturated heterocycles. The molecule has 1 heterocycles. The molecular weight excluding hydrogens is 202 g/mol. The van der Waals surface area contributed by atoms with Gasteiger partial charge in [-0.3, -0.25) is 9.69 Å². The molecule has 1 aromatic carbocycles. The van der Waals surface area contributed by atoms with E-state index in [4.69, 9.17) is 4.42 Å². The molecule has 0 saturated carbocycles. The minimum atomic E-state index is -0.0741. The standard InChI is InChI=1S/C13H13NO2/c1-10-8-9-12(16-10)14(2)13(15)11-6-4-3-5-7-11/h3-9H,1-2H3. The summed E-state index contributed by atoms with van der Waals surface area (Å²) in [7, 11) is 1.70. The van der Waals surface area contributed by atoms with Crippen LogP contribution in [-0.4, -0.2) is 13.0 Å². The molecule has 0 aliphatic rings. The fourth-order valence-corrected chi connectivity index (χ4v) is 1.48. The third kappa shape index (κ3) is 1.98. The van der Waals surface area contributed by atoms with Gasteiger partial charge in [0.25, 0.3) is 5.91 Å². The van der Waals surface area contributed by atoms with Gasteiger partial charge >= 0.3 is 0 Å². The molecule has 0 spiro atoms.